The Balaban J connectivity index is 2.91. The van der Waals surface area contributed by atoms with Crippen molar-refractivity contribution in [2.75, 3.05) is 0 Å². The van der Waals surface area contributed by atoms with Crippen LogP contribution in [0, 0.1) is 18.2 Å². The zero-order valence-corrected chi connectivity index (χ0v) is 9.73. The van der Waals surface area contributed by atoms with Crippen LogP contribution in [0.1, 0.15) is 24.2 Å². The summed E-state index contributed by atoms with van der Waals surface area (Å²) in [5.74, 6) is 1.35. The van der Waals surface area contributed by atoms with Crippen LogP contribution in [0.5, 0.6) is 0 Å². The summed E-state index contributed by atoms with van der Waals surface area (Å²) in [4.78, 5) is 11.7. The van der Waals surface area contributed by atoms with Crippen molar-refractivity contribution in [1.82, 2.24) is 5.32 Å². The lowest BCUT2D eigenvalue weighted by atomic mass is 10.1. The molecule has 16 heavy (non-hydrogen) atoms. The highest BCUT2D eigenvalue weighted by molar-refractivity contribution is 6.30. The molecule has 1 aromatic rings. The van der Waals surface area contributed by atoms with Crippen LogP contribution in [0.15, 0.2) is 18.2 Å². The van der Waals surface area contributed by atoms with Crippen molar-refractivity contribution >= 4 is 17.5 Å². The Morgan fingerprint density at radius 2 is 2.19 bits per heavy atom. The predicted octanol–water partition coefficient (Wildman–Crippen LogP) is 2.62. The number of rotatable bonds is 2. The minimum absolute atomic E-state index is 0.0206. The molecule has 84 valence electrons. The molecule has 0 saturated carbocycles. The summed E-state index contributed by atoms with van der Waals surface area (Å²) in [6.45, 7) is 3.36. The van der Waals surface area contributed by atoms with Gasteiger partial charge in [-0.3, -0.25) is 4.79 Å². The molecule has 2 nitrogen and oxygen atoms in total. The molecule has 0 unspecified atom stereocenters. The van der Waals surface area contributed by atoms with Crippen molar-refractivity contribution in [3.8, 4) is 12.3 Å². The van der Waals surface area contributed by atoms with Gasteiger partial charge in [-0.25, -0.2) is 4.39 Å². The molecule has 0 saturated heterocycles. The molecule has 0 atom stereocenters. The highest BCUT2D eigenvalue weighted by Gasteiger charge is 2.18. The van der Waals surface area contributed by atoms with E-state index in [0.717, 1.165) is 6.07 Å². The molecule has 0 aliphatic carbocycles. The highest BCUT2D eigenvalue weighted by atomic mass is 35.5. The Morgan fingerprint density at radius 1 is 1.56 bits per heavy atom. The van der Waals surface area contributed by atoms with Gasteiger partial charge >= 0.3 is 0 Å². The van der Waals surface area contributed by atoms with E-state index >= 15 is 0 Å². The summed E-state index contributed by atoms with van der Waals surface area (Å²) in [7, 11) is 0. The molecule has 1 N–H and O–H groups in total. The topological polar surface area (TPSA) is 29.1 Å². The van der Waals surface area contributed by atoms with Crippen LogP contribution in [0.2, 0.25) is 5.02 Å². The second-order valence-electron chi connectivity index (χ2n) is 3.85. The number of benzene rings is 1. The summed E-state index contributed by atoms with van der Waals surface area (Å²) in [5, 5.41) is 2.56. The van der Waals surface area contributed by atoms with Gasteiger partial charge in [-0.1, -0.05) is 17.5 Å². The third-order valence-corrected chi connectivity index (χ3v) is 2.28. The molecule has 4 heteroatoms. The van der Waals surface area contributed by atoms with E-state index in [0.29, 0.717) is 0 Å². The van der Waals surface area contributed by atoms with E-state index in [1.54, 1.807) is 13.8 Å². The number of carbonyl (C=O) groups excluding carboxylic acids is 1. The van der Waals surface area contributed by atoms with E-state index in [2.05, 4.69) is 11.2 Å². The molecule has 0 aliphatic rings. The number of amides is 1. The van der Waals surface area contributed by atoms with E-state index in [-0.39, 0.29) is 10.6 Å². The molecule has 0 bridgehead atoms. The van der Waals surface area contributed by atoms with E-state index < -0.39 is 17.3 Å². The molecular weight excluding hydrogens is 229 g/mol. The Bertz CT molecular complexity index is 463. The summed E-state index contributed by atoms with van der Waals surface area (Å²) in [5.41, 5.74) is -0.585. The summed E-state index contributed by atoms with van der Waals surface area (Å²) in [6.07, 6.45) is 5.23. The first-order valence-electron chi connectivity index (χ1n) is 4.61. The number of hydrogen-bond acceptors (Lipinski definition) is 1. The van der Waals surface area contributed by atoms with Gasteiger partial charge in [0, 0.05) is 5.56 Å². The average molecular weight is 240 g/mol. The Hall–Kier alpha value is -1.53. The predicted molar refractivity (Wildman–Crippen MR) is 61.8 cm³/mol. The van der Waals surface area contributed by atoms with Gasteiger partial charge in [-0.2, -0.15) is 0 Å². The van der Waals surface area contributed by atoms with Gasteiger partial charge in [0.2, 0.25) is 0 Å². The fourth-order valence-corrected chi connectivity index (χ4v) is 1.15. The first-order chi connectivity index (χ1) is 7.35. The van der Waals surface area contributed by atoms with Crippen LogP contribution in [0.3, 0.4) is 0 Å². The van der Waals surface area contributed by atoms with E-state index in [9.17, 15) is 9.18 Å². The first kappa shape index (κ1) is 12.5. The van der Waals surface area contributed by atoms with Crippen molar-refractivity contribution < 1.29 is 9.18 Å². The van der Waals surface area contributed by atoms with E-state index in [1.807, 2.05) is 0 Å². The summed E-state index contributed by atoms with van der Waals surface area (Å²) >= 11 is 5.51. The van der Waals surface area contributed by atoms with Crippen LogP contribution >= 0.6 is 11.6 Å². The molecule has 0 heterocycles. The van der Waals surface area contributed by atoms with E-state index in [1.165, 1.54) is 12.1 Å². The average Bonchev–Trinajstić information content (AvgIpc) is 2.21. The minimum Gasteiger partial charge on any atom is -0.336 e. The molecule has 0 aromatic heterocycles. The van der Waals surface area contributed by atoms with Gasteiger partial charge < -0.3 is 5.32 Å². The maximum atomic E-state index is 13.1. The lowest BCUT2D eigenvalue weighted by molar-refractivity contribution is 0.0929. The van der Waals surface area contributed by atoms with Crippen LogP contribution in [0.25, 0.3) is 0 Å². The molecule has 0 aliphatic heterocycles. The van der Waals surface area contributed by atoms with Gasteiger partial charge in [0.15, 0.2) is 0 Å². The normalized spacial score (nSPS) is 10.7. The van der Waals surface area contributed by atoms with Crippen LogP contribution in [-0.4, -0.2) is 11.4 Å². The van der Waals surface area contributed by atoms with Crippen molar-refractivity contribution in [3.63, 3.8) is 0 Å². The standard InChI is InChI=1S/C12H11ClFNO/c1-4-12(2,3)15-11(16)8-5-6-9(13)10(14)7-8/h1,5-7H,2-3H3,(H,15,16). The molecule has 1 amide bonds. The largest absolute Gasteiger partial charge is 0.336 e. The quantitative estimate of drug-likeness (QED) is 0.790. The first-order valence-corrected chi connectivity index (χ1v) is 4.99. The molecule has 0 fully saturated rings. The monoisotopic (exact) mass is 239 g/mol. The summed E-state index contributed by atoms with van der Waals surface area (Å²) < 4.78 is 13.1. The Morgan fingerprint density at radius 3 is 2.69 bits per heavy atom. The van der Waals surface area contributed by atoms with Crippen molar-refractivity contribution in [2.45, 2.75) is 19.4 Å². The number of halogens is 2. The zero-order valence-electron chi connectivity index (χ0n) is 8.97. The van der Waals surface area contributed by atoms with Crippen molar-refractivity contribution in [1.29, 1.82) is 0 Å². The molecular formula is C12H11ClFNO. The fraction of sp³-hybridized carbons (Fsp3) is 0.250. The maximum absolute atomic E-state index is 13.1. The molecule has 0 radical (unpaired) electrons. The molecule has 0 spiro atoms. The number of terminal acetylenes is 1. The second-order valence-corrected chi connectivity index (χ2v) is 4.26. The number of hydrogen-bond donors (Lipinski definition) is 1. The third kappa shape index (κ3) is 2.98. The Kier molecular flexibility index (Phi) is 3.56. The van der Waals surface area contributed by atoms with Crippen LogP contribution < -0.4 is 5.32 Å². The van der Waals surface area contributed by atoms with Crippen molar-refractivity contribution in [2.24, 2.45) is 0 Å². The highest BCUT2D eigenvalue weighted by Crippen LogP contribution is 2.16. The van der Waals surface area contributed by atoms with Crippen LogP contribution in [0.4, 0.5) is 4.39 Å². The maximum Gasteiger partial charge on any atom is 0.252 e. The lowest BCUT2D eigenvalue weighted by Gasteiger charge is -2.19. The Labute approximate surface area is 98.8 Å². The van der Waals surface area contributed by atoms with Gasteiger partial charge in [-0.15, -0.1) is 6.42 Å². The SMILES string of the molecule is C#CC(C)(C)NC(=O)c1ccc(Cl)c(F)c1. The number of nitrogens with one attached hydrogen (secondary N) is 1. The number of carbonyl (C=O) groups is 1. The van der Waals surface area contributed by atoms with Gasteiger partial charge in [-0.05, 0) is 32.0 Å². The zero-order chi connectivity index (χ0) is 12.3. The second kappa shape index (κ2) is 4.54. The summed E-state index contributed by atoms with van der Waals surface area (Å²) in [6, 6.07) is 3.84. The van der Waals surface area contributed by atoms with Gasteiger partial charge in [0.05, 0.1) is 10.6 Å². The van der Waals surface area contributed by atoms with E-state index in [4.69, 9.17) is 18.0 Å². The fourth-order valence-electron chi connectivity index (χ4n) is 1.03. The van der Waals surface area contributed by atoms with Gasteiger partial charge in [0.25, 0.3) is 5.91 Å². The third-order valence-electron chi connectivity index (χ3n) is 1.97. The minimum atomic E-state index is -0.771. The van der Waals surface area contributed by atoms with Crippen molar-refractivity contribution in [3.05, 3.63) is 34.6 Å². The smallest absolute Gasteiger partial charge is 0.252 e. The molecule has 1 aromatic carbocycles. The lowest BCUT2D eigenvalue weighted by Crippen LogP contribution is -2.42. The van der Waals surface area contributed by atoms with Gasteiger partial charge in [0.1, 0.15) is 5.82 Å². The molecule has 1 rings (SSSR count). The van der Waals surface area contributed by atoms with Crippen LogP contribution in [-0.2, 0) is 0 Å².